The Labute approximate surface area is 97.9 Å². The van der Waals surface area contributed by atoms with Crippen LogP contribution in [0.1, 0.15) is 21.7 Å². The van der Waals surface area contributed by atoms with Crippen molar-refractivity contribution in [3.05, 3.63) is 53.1 Å². The van der Waals surface area contributed by atoms with Crippen LogP contribution in [0, 0.1) is 5.82 Å². The Bertz CT molecular complexity index is 536. The summed E-state index contributed by atoms with van der Waals surface area (Å²) >= 11 is 0. The molecule has 0 bridgehead atoms. The summed E-state index contributed by atoms with van der Waals surface area (Å²) < 4.78 is 13.4. The van der Waals surface area contributed by atoms with Crippen LogP contribution in [0.15, 0.2) is 30.3 Å². The SMILES string of the molecule is CNC(=O)c1cc(Cc2ccccc2F)[nH]n1. The Morgan fingerprint density at radius 1 is 1.47 bits per heavy atom. The van der Waals surface area contributed by atoms with Crippen LogP contribution in [-0.2, 0) is 6.42 Å². The van der Waals surface area contributed by atoms with Crippen LogP contribution in [-0.4, -0.2) is 23.2 Å². The number of benzene rings is 1. The fourth-order valence-corrected chi connectivity index (χ4v) is 1.54. The fraction of sp³-hybridized carbons (Fsp3) is 0.167. The van der Waals surface area contributed by atoms with Gasteiger partial charge in [0, 0.05) is 19.2 Å². The molecule has 5 heteroatoms. The maximum absolute atomic E-state index is 13.4. The standard InChI is InChI=1S/C12H12FN3O/c1-14-12(17)11-7-9(15-16-11)6-8-4-2-3-5-10(8)13/h2-5,7H,6H2,1H3,(H,14,17)(H,15,16). The van der Waals surface area contributed by atoms with E-state index in [-0.39, 0.29) is 11.7 Å². The van der Waals surface area contributed by atoms with Crippen LogP contribution < -0.4 is 5.32 Å². The van der Waals surface area contributed by atoms with Crippen molar-refractivity contribution in [2.45, 2.75) is 6.42 Å². The van der Waals surface area contributed by atoms with Crippen molar-refractivity contribution in [1.29, 1.82) is 0 Å². The van der Waals surface area contributed by atoms with Crippen LogP contribution in [0.5, 0.6) is 0 Å². The van der Waals surface area contributed by atoms with Gasteiger partial charge in [-0.25, -0.2) is 4.39 Å². The van der Waals surface area contributed by atoms with Crippen molar-refractivity contribution < 1.29 is 9.18 Å². The number of aromatic amines is 1. The summed E-state index contributed by atoms with van der Waals surface area (Å²) in [4.78, 5) is 11.3. The zero-order chi connectivity index (χ0) is 12.3. The number of carbonyl (C=O) groups excluding carboxylic acids is 1. The summed E-state index contributed by atoms with van der Waals surface area (Å²) in [5, 5.41) is 9.05. The highest BCUT2D eigenvalue weighted by Gasteiger charge is 2.09. The summed E-state index contributed by atoms with van der Waals surface area (Å²) in [7, 11) is 1.54. The lowest BCUT2D eigenvalue weighted by atomic mass is 10.1. The molecule has 2 rings (SSSR count). The van der Waals surface area contributed by atoms with Crippen LogP contribution in [0.2, 0.25) is 0 Å². The van der Waals surface area contributed by atoms with Gasteiger partial charge in [-0.05, 0) is 17.7 Å². The second-order valence-corrected chi connectivity index (χ2v) is 3.63. The van der Waals surface area contributed by atoms with Gasteiger partial charge in [-0.2, -0.15) is 5.10 Å². The smallest absolute Gasteiger partial charge is 0.271 e. The van der Waals surface area contributed by atoms with Gasteiger partial charge in [0.1, 0.15) is 11.5 Å². The molecule has 4 nitrogen and oxygen atoms in total. The minimum atomic E-state index is -0.263. The molecule has 88 valence electrons. The molecule has 0 atom stereocenters. The number of carbonyl (C=O) groups is 1. The number of nitrogens with zero attached hydrogens (tertiary/aromatic N) is 1. The van der Waals surface area contributed by atoms with Crippen molar-refractivity contribution in [3.8, 4) is 0 Å². The number of amides is 1. The minimum Gasteiger partial charge on any atom is -0.354 e. The molecule has 1 amide bonds. The van der Waals surface area contributed by atoms with Gasteiger partial charge in [-0.3, -0.25) is 9.89 Å². The van der Waals surface area contributed by atoms with Gasteiger partial charge in [-0.15, -0.1) is 0 Å². The molecule has 1 aromatic heterocycles. The number of nitrogens with one attached hydrogen (secondary N) is 2. The Kier molecular flexibility index (Phi) is 3.18. The number of hydrogen-bond donors (Lipinski definition) is 2. The lowest BCUT2D eigenvalue weighted by Gasteiger charge is -1.99. The first kappa shape index (κ1) is 11.3. The van der Waals surface area contributed by atoms with Gasteiger partial charge in [0.2, 0.25) is 0 Å². The molecular weight excluding hydrogens is 221 g/mol. The topological polar surface area (TPSA) is 57.8 Å². The molecule has 0 aliphatic rings. The van der Waals surface area contributed by atoms with Crippen molar-refractivity contribution in [3.63, 3.8) is 0 Å². The van der Waals surface area contributed by atoms with E-state index in [1.165, 1.54) is 13.1 Å². The van der Waals surface area contributed by atoms with E-state index in [1.807, 2.05) is 0 Å². The van der Waals surface area contributed by atoms with Crippen LogP contribution in [0.25, 0.3) is 0 Å². The predicted octanol–water partition coefficient (Wildman–Crippen LogP) is 1.50. The molecule has 0 aliphatic carbocycles. The molecule has 1 aromatic carbocycles. The highest BCUT2D eigenvalue weighted by molar-refractivity contribution is 5.92. The second-order valence-electron chi connectivity index (χ2n) is 3.63. The molecule has 0 aliphatic heterocycles. The van der Waals surface area contributed by atoms with E-state index >= 15 is 0 Å². The first-order valence-electron chi connectivity index (χ1n) is 5.20. The third-order valence-electron chi connectivity index (χ3n) is 2.43. The molecular formula is C12H12FN3O. The first-order chi connectivity index (χ1) is 8.20. The molecule has 0 fully saturated rings. The number of H-pyrrole nitrogens is 1. The summed E-state index contributed by atoms with van der Waals surface area (Å²) in [5.74, 6) is -0.523. The lowest BCUT2D eigenvalue weighted by molar-refractivity contribution is 0.0958. The van der Waals surface area contributed by atoms with E-state index < -0.39 is 0 Å². The average Bonchev–Trinajstić information content (AvgIpc) is 2.80. The predicted molar refractivity (Wildman–Crippen MR) is 61.2 cm³/mol. The van der Waals surface area contributed by atoms with Gasteiger partial charge in [0.25, 0.3) is 5.91 Å². The Balaban J connectivity index is 2.17. The second kappa shape index (κ2) is 4.78. The molecule has 0 spiro atoms. The van der Waals surface area contributed by atoms with Crippen molar-refractivity contribution in [2.24, 2.45) is 0 Å². The van der Waals surface area contributed by atoms with Crippen molar-refractivity contribution in [2.75, 3.05) is 7.05 Å². The van der Waals surface area contributed by atoms with Crippen LogP contribution in [0.3, 0.4) is 0 Å². The molecule has 0 saturated heterocycles. The largest absolute Gasteiger partial charge is 0.354 e. The van der Waals surface area contributed by atoms with E-state index in [9.17, 15) is 9.18 Å². The first-order valence-corrected chi connectivity index (χ1v) is 5.20. The number of hydrogen-bond acceptors (Lipinski definition) is 2. The van der Waals surface area contributed by atoms with E-state index in [0.717, 1.165) is 0 Å². The minimum absolute atomic E-state index is 0.261. The highest BCUT2D eigenvalue weighted by Crippen LogP contribution is 2.12. The van der Waals surface area contributed by atoms with E-state index in [0.29, 0.717) is 23.4 Å². The maximum atomic E-state index is 13.4. The van der Waals surface area contributed by atoms with Crippen molar-refractivity contribution >= 4 is 5.91 Å². The highest BCUT2D eigenvalue weighted by atomic mass is 19.1. The number of halogens is 1. The quantitative estimate of drug-likeness (QED) is 0.844. The fourth-order valence-electron chi connectivity index (χ4n) is 1.54. The summed E-state index contributed by atoms with van der Waals surface area (Å²) in [5.41, 5.74) is 1.58. The summed E-state index contributed by atoms with van der Waals surface area (Å²) in [6.45, 7) is 0. The van der Waals surface area contributed by atoms with Gasteiger partial charge >= 0.3 is 0 Å². The Morgan fingerprint density at radius 2 is 2.24 bits per heavy atom. The van der Waals surface area contributed by atoms with Crippen LogP contribution in [0.4, 0.5) is 4.39 Å². The zero-order valence-electron chi connectivity index (χ0n) is 9.33. The van der Waals surface area contributed by atoms with Gasteiger partial charge < -0.3 is 5.32 Å². The molecule has 0 saturated carbocycles. The molecule has 0 radical (unpaired) electrons. The zero-order valence-corrected chi connectivity index (χ0v) is 9.33. The van der Waals surface area contributed by atoms with Gasteiger partial charge in [-0.1, -0.05) is 18.2 Å². The third-order valence-corrected chi connectivity index (χ3v) is 2.43. The van der Waals surface area contributed by atoms with E-state index in [2.05, 4.69) is 15.5 Å². The maximum Gasteiger partial charge on any atom is 0.271 e. The third kappa shape index (κ3) is 2.50. The van der Waals surface area contributed by atoms with E-state index in [4.69, 9.17) is 0 Å². The number of rotatable bonds is 3. The summed E-state index contributed by atoms with van der Waals surface area (Å²) in [6, 6.07) is 8.14. The molecule has 1 heterocycles. The number of aromatic nitrogens is 2. The van der Waals surface area contributed by atoms with Crippen molar-refractivity contribution in [1.82, 2.24) is 15.5 Å². The van der Waals surface area contributed by atoms with Gasteiger partial charge in [0.15, 0.2) is 0 Å². The molecule has 2 N–H and O–H groups in total. The molecule has 0 unspecified atom stereocenters. The Hall–Kier alpha value is -2.17. The molecule has 17 heavy (non-hydrogen) atoms. The lowest BCUT2D eigenvalue weighted by Crippen LogP contribution is -2.17. The van der Waals surface area contributed by atoms with Gasteiger partial charge in [0.05, 0.1) is 0 Å². The summed E-state index contributed by atoms with van der Waals surface area (Å²) in [6.07, 6.45) is 0.386. The Morgan fingerprint density at radius 3 is 2.94 bits per heavy atom. The molecule has 2 aromatic rings. The van der Waals surface area contributed by atoms with E-state index in [1.54, 1.807) is 24.3 Å². The average molecular weight is 233 g/mol. The monoisotopic (exact) mass is 233 g/mol. The normalized spacial score (nSPS) is 10.2. The van der Waals surface area contributed by atoms with Crippen LogP contribution >= 0.6 is 0 Å².